The van der Waals surface area contributed by atoms with Crippen molar-refractivity contribution < 1.29 is 17.9 Å². The molecule has 0 bridgehead atoms. The molecular formula is C21H22N4O4S. The minimum atomic E-state index is -3.83. The first-order valence-corrected chi connectivity index (χ1v) is 10.7. The van der Waals surface area contributed by atoms with E-state index in [2.05, 4.69) is 20.0 Å². The fourth-order valence-electron chi connectivity index (χ4n) is 2.51. The van der Waals surface area contributed by atoms with Crippen LogP contribution in [0.2, 0.25) is 0 Å². The number of rotatable bonds is 8. The maximum absolute atomic E-state index is 12.4. The van der Waals surface area contributed by atoms with Crippen molar-refractivity contribution in [3.63, 3.8) is 0 Å². The largest absolute Gasteiger partial charge is 0.493 e. The van der Waals surface area contributed by atoms with Crippen LogP contribution in [0.1, 0.15) is 17.7 Å². The maximum Gasteiger partial charge on any atom is 0.264 e. The van der Waals surface area contributed by atoms with Crippen molar-refractivity contribution in [3.8, 4) is 5.75 Å². The predicted molar refractivity (Wildman–Crippen MR) is 114 cm³/mol. The van der Waals surface area contributed by atoms with E-state index in [1.807, 2.05) is 31.2 Å². The van der Waals surface area contributed by atoms with Crippen molar-refractivity contribution in [2.75, 3.05) is 16.6 Å². The number of carbonyl (C=O) groups excluding carboxylic acids is 1. The van der Waals surface area contributed by atoms with E-state index in [0.29, 0.717) is 17.1 Å². The molecule has 0 saturated carbocycles. The highest BCUT2D eigenvalue weighted by molar-refractivity contribution is 7.92. The zero-order valence-corrected chi connectivity index (χ0v) is 17.4. The predicted octanol–water partition coefficient (Wildman–Crippen LogP) is 3.30. The second-order valence-corrected chi connectivity index (χ2v) is 8.29. The third-order valence-electron chi connectivity index (χ3n) is 4.09. The van der Waals surface area contributed by atoms with Crippen LogP contribution in [0.5, 0.6) is 5.75 Å². The van der Waals surface area contributed by atoms with Gasteiger partial charge in [-0.15, -0.1) is 0 Å². The zero-order chi connectivity index (χ0) is 21.6. The van der Waals surface area contributed by atoms with Crippen LogP contribution in [0.15, 0.2) is 65.7 Å². The van der Waals surface area contributed by atoms with Gasteiger partial charge in [0, 0.05) is 17.6 Å². The smallest absolute Gasteiger partial charge is 0.264 e. The first kappa shape index (κ1) is 21.3. The van der Waals surface area contributed by atoms with Crippen molar-refractivity contribution in [2.45, 2.75) is 25.2 Å². The van der Waals surface area contributed by atoms with E-state index in [1.54, 1.807) is 13.0 Å². The average molecular weight is 426 g/mol. The van der Waals surface area contributed by atoms with Crippen LogP contribution in [0.3, 0.4) is 0 Å². The third-order valence-corrected chi connectivity index (χ3v) is 5.43. The summed E-state index contributed by atoms with van der Waals surface area (Å²) >= 11 is 0. The summed E-state index contributed by atoms with van der Waals surface area (Å²) in [5, 5.41) is 2.71. The van der Waals surface area contributed by atoms with Gasteiger partial charge in [0.05, 0.1) is 17.9 Å². The highest BCUT2D eigenvalue weighted by atomic mass is 32.2. The molecule has 30 heavy (non-hydrogen) atoms. The topological polar surface area (TPSA) is 110 Å². The SMILES string of the molecule is Cc1ccc(OCCC(=O)Nc2ccc(S(=O)(=O)Nc3nccc(C)n3)cc2)cc1. The van der Waals surface area contributed by atoms with Crippen LogP contribution < -0.4 is 14.8 Å². The summed E-state index contributed by atoms with van der Waals surface area (Å²) < 4.78 is 32.8. The summed E-state index contributed by atoms with van der Waals surface area (Å²) in [5.41, 5.74) is 2.26. The van der Waals surface area contributed by atoms with Crippen molar-refractivity contribution in [3.05, 3.63) is 72.1 Å². The van der Waals surface area contributed by atoms with E-state index >= 15 is 0 Å². The van der Waals surface area contributed by atoms with E-state index < -0.39 is 10.0 Å². The molecule has 8 nitrogen and oxygen atoms in total. The molecule has 0 unspecified atom stereocenters. The van der Waals surface area contributed by atoms with Crippen molar-refractivity contribution in [1.29, 1.82) is 0 Å². The number of carbonyl (C=O) groups is 1. The van der Waals surface area contributed by atoms with Crippen LogP contribution in [-0.4, -0.2) is 30.9 Å². The highest BCUT2D eigenvalue weighted by Crippen LogP contribution is 2.17. The van der Waals surface area contributed by atoms with Crippen LogP contribution in [0, 0.1) is 13.8 Å². The molecule has 0 radical (unpaired) electrons. The standard InChI is InChI=1S/C21H22N4O4S/c1-15-3-7-18(8-4-15)29-14-12-20(26)24-17-5-9-19(10-6-17)30(27,28)25-21-22-13-11-16(2)23-21/h3-11,13H,12,14H2,1-2H3,(H,24,26)(H,22,23,25). The highest BCUT2D eigenvalue weighted by Gasteiger charge is 2.16. The molecule has 2 aromatic carbocycles. The van der Waals surface area contributed by atoms with E-state index in [-0.39, 0.29) is 29.8 Å². The lowest BCUT2D eigenvalue weighted by Crippen LogP contribution is -2.16. The van der Waals surface area contributed by atoms with E-state index in [0.717, 1.165) is 5.56 Å². The Hall–Kier alpha value is -3.46. The van der Waals surface area contributed by atoms with Gasteiger partial charge in [0.2, 0.25) is 11.9 Å². The number of aryl methyl sites for hydroxylation is 2. The summed E-state index contributed by atoms with van der Waals surface area (Å²) in [7, 11) is -3.83. The monoisotopic (exact) mass is 426 g/mol. The summed E-state index contributed by atoms with van der Waals surface area (Å²) in [5.74, 6) is 0.470. The van der Waals surface area contributed by atoms with Gasteiger partial charge in [-0.25, -0.2) is 23.1 Å². The maximum atomic E-state index is 12.4. The second-order valence-electron chi connectivity index (χ2n) is 6.61. The number of benzene rings is 2. The summed E-state index contributed by atoms with van der Waals surface area (Å²) in [4.78, 5) is 20.0. The average Bonchev–Trinajstić information content (AvgIpc) is 2.69. The van der Waals surface area contributed by atoms with Gasteiger partial charge in [-0.3, -0.25) is 4.79 Å². The lowest BCUT2D eigenvalue weighted by Gasteiger charge is -2.09. The first-order chi connectivity index (χ1) is 14.3. The molecule has 1 aromatic heterocycles. The molecular weight excluding hydrogens is 404 g/mol. The lowest BCUT2D eigenvalue weighted by molar-refractivity contribution is -0.116. The number of hydrogen-bond donors (Lipinski definition) is 2. The number of amides is 1. The Morgan fingerprint density at radius 1 is 1.00 bits per heavy atom. The molecule has 0 saturated heterocycles. The molecule has 156 valence electrons. The first-order valence-electron chi connectivity index (χ1n) is 9.24. The molecule has 2 N–H and O–H groups in total. The molecule has 0 aliphatic carbocycles. The number of anilines is 2. The molecule has 0 fully saturated rings. The lowest BCUT2D eigenvalue weighted by atomic mass is 10.2. The van der Waals surface area contributed by atoms with E-state index in [1.165, 1.54) is 30.5 Å². The summed E-state index contributed by atoms with van der Waals surface area (Å²) in [6.45, 7) is 3.96. The molecule has 0 aliphatic rings. The van der Waals surface area contributed by atoms with Gasteiger partial charge in [0.25, 0.3) is 10.0 Å². The van der Waals surface area contributed by atoms with Gasteiger partial charge in [0.1, 0.15) is 5.75 Å². The quantitative estimate of drug-likeness (QED) is 0.572. The van der Waals surface area contributed by atoms with E-state index in [4.69, 9.17) is 4.74 Å². The van der Waals surface area contributed by atoms with Gasteiger partial charge < -0.3 is 10.1 Å². The molecule has 0 spiro atoms. The molecule has 0 aliphatic heterocycles. The minimum Gasteiger partial charge on any atom is -0.493 e. The van der Waals surface area contributed by atoms with Gasteiger partial charge in [-0.2, -0.15) is 0 Å². The van der Waals surface area contributed by atoms with Crippen LogP contribution >= 0.6 is 0 Å². The van der Waals surface area contributed by atoms with Gasteiger partial charge in [-0.1, -0.05) is 17.7 Å². The molecule has 1 heterocycles. The fourth-order valence-corrected chi connectivity index (χ4v) is 3.47. The Bertz CT molecular complexity index is 1110. The zero-order valence-electron chi connectivity index (χ0n) is 16.6. The Balaban J connectivity index is 1.53. The van der Waals surface area contributed by atoms with Crippen molar-refractivity contribution in [1.82, 2.24) is 9.97 Å². The van der Waals surface area contributed by atoms with Gasteiger partial charge in [0.15, 0.2) is 0 Å². The summed E-state index contributed by atoms with van der Waals surface area (Å²) in [6.07, 6.45) is 1.64. The fraction of sp³-hybridized carbons (Fsp3) is 0.190. The number of nitrogens with zero attached hydrogens (tertiary/aromatic N) is 2. The Kier molecular flexibility index (Phi) is 6.63. The third kappa shape index (κ3) is 6.02. The Labute approximate surface area is 175 Å². The molecule has 3 aromatic rings. The van der Waals surface area contributed by atoms with Crippen LogP contribution in [0.4, 0.5) is 11.6 Å². The van der Waals surface area contributed by atoms with Crippen LogP contribution in [0.25, 0.3) is 0 Å². The Morgan fingerprint density at radius 2 is 1.70 bits per heavy atom. The number of sulfonamides is 1. The molecule has 9 heteroatoms. The normalized spacial score (nSPS) is 11.0. The molecule has 3 rings (SSSR count). The number of nitrogens with one attached hydrogen (secondary N) is 2. The van der Waals surface area contributed by atoms with Crippen molar-refractivity contribution in [2.24, 2.45) is 0 Å². The number of ether oxygens (including phenoxy) is 1. The number of hydrogen-bond acceptors (Lipinski definition) is 6. The van der Waals surface area contributed by atoms with Gasteiger partial charge >= 0.3 is 0 Å². The molecule has 1 amide bonds. The number of aromatic nitrogens is 2. The summed E-state index contributed by atoms with van der Waals surface area (Å²) in [6, 6.07) is 15.1. The molecule has 0 atom stereocenters. The minimum absolute atomic E-state index is 0.000885. The Morgan fingerprint density at radius 3 is 2.37 bits per heavy atom. The van der Waals surface area contributed by atoms with Gasteiger partial charge in [-0.05, 0) is 56.3 Å². The van der Waals surface area contributed by atoms with Crippen molar-refractivity contribution >= 4 is 27.6 Å². The second kappa shape index (κ2) is 9.36. The van der Waals surface area contributed by atoms with Crippen LogP contribution in [-0.2, 0) is 14.8 Å². The van der Waals surface area contributed by atoms with E-state index in [9.17, 15) is 13.2 Å².